The maximum absolute atomic E-state index is 14.4. The molecule has 2 fully saturated rings. The van der Waals surface area contributed by atoms with Crippen LogP contribution in [0.4, 0.5) is 0 Å². The lowest BCUT2D eigenvalue weighted by molar-refractivity contribution is -0.135. The summed E-state index contributed by atoms with van der Waals surface area (Å²) in [6, 6.07) is 14.5. The molecule has 62 heavy (non-hydrogen) atoms. The number of aliphatic hydroxyl groups excluding tert-OH is 4. The van der Waals surface area contributed by atoms with Crippen molar-refractivity contribution in [2.45, 2.75) is 159 Å². The van der Waals surface area contributed by atoms with Gasteiger partial charge in [-0.25, -0.2) is 5.53 Å². The Morgan fingerprint density at radius 2 is 1.69 bits per heavy atom. The highest BCUT2D eigenvalue weighted by molar-refractivity contribution is 5.93. The van der Waals surface area contributed by atoms with E-state index in [0.29, 0.717) is 57.6 Å². The van der Waals surface area contributed by atoms with Crippen LogP contribution in [-0.2, 0) is 20.7 Å². The average molecular weight is 866 g/mol. The molecule has 344 valence electrons. The Labute approximate surface area is 366 Å². The SMILES string of the molecule is CCCC(NC(=O)[C@@H]1C[C@@H]2CN1C(O)[C@H](C1CCCCC1)N[C@@H](O)CCc1ccc(cc1)OCCCO2)C(O)[C@H](O)NCC(=O)NC(C1=NNNN1C(C)(C)C)c1ccccc1. The number of nitrogens with zero attached hydrogens (tertiary/aromatic N) is 3. The fourth-order valence-electron chi connectivity index (χ4n) is 9.07. The summed E-state index contributed by atoms with van der Waals surface area (Å²) in [5, 5.41) is 64.7. The number of hydrogen-bond acceptors (Lipinski definition) is 15. The molecule has 2 amide bonds. The number of carbonyl (C=O) groups excluding carboxylic acids is 2. The molecule has 1 aliphatic carbocycles. The maximum Gasteiger partial charge on any atom is 0.237 e. The van der Waals surface area contributed by atoms with Crippen LogP contribution in [0.2, 0.25) is 0 Å². The molecule has 5 unspecified atom stereocenters. The third-order valence-electron chi connectivity index (χ3n) is 12.4. The van der Waals surface area contributed by atoms with E-state index in [1.807, 2.05) is 87.3 Å². The molecule has 2 aromatic carbocycles. The van der Waals surface area contributed by atoms with Gasteiger partial charge in [-0.2, -0.15) is 0 Å². The molecule has 4 heterocycles. The molecule has 4 bridgehead atoms. The third-order valence-corrected chi connectivity index (χ3v) is 12.4. The smallest absolute Gasteiger partial charge is 0.237 e. The minimum Gasteiger partial charge on any atom is -0.494 e. The summed E-state index contributed by atoms with van der Waals surface area (Å²) in [7, 11) is 0. The number of aliphatic hydroxyl groups is 4. The van der Waals surface area contributed by atoms with Crippen LogP contribution < -0.4 is 37.1 Å². The fourth-order valence-corrected chi connectivity index (χ4v) is 9.07. The number of fused-ring (bicyclic) bond motifs is 11. The Bertz CT molecular complexity index is 1730. The first kappa shape index (κ1) is 47.6. The molecule has 0 aromatic heterocycles. The molecule has 4 aliphatic heterocycles. The second-order valence-corrected chi connectivity index (χ2v) is 18.2. The predicted octanol–water partition coefficient (Wildman–Crippen LogP) is 1.88. The summed E-state index contributed by atoms with van der Waals surface area (Å²) in [5.41, 5.74) is 7.29. The number of aryl methyl sites for hydroxylation is 1. The highest BCUT2D eigenvalue weighted by Crippen LogP contribution is 2.33. The molecule has 10 N–H and O–H groups in total. The van der Waals surface area contributed by atoms with Gasteiger partial charge in [0.05, 0.1) is 49.5 Å². The highest BCUT2D eigenvalue weighted by Gasteiger charge is 2.46. The average Bonchev–Trinajstić information content (AvgIpc) is 3.95. The Morgan fingerprint density at radius 1 is 0.952 bits per heavy atom. The van der Waals surface area contributed by atoms with Gasteiger partial charge in [0.15, 0.2) is 5.84 Å². The Hall–Kier alpha value is -3.91. The minimum atomic E-state index is -1.57. The lowest BCUT2D eigenvalue weighted by atomic mass is 9.82. The normalized spacial score (nSPS) is 27.4. The van der Waals surface area contributed by atoms with E-state index in [-0.39, 0.29) is 30.7 Å². The van der Waals surface area contributed by atoms with Crippen molar-refractivity contribution in [3.05, 3.63) is 65.7 Å². The molecule has 2 aromatic rings. The Balaban J connectivity index is 1.13. The number of carbonyl (C=O) groups is 2. The molecule has 1 saturated carbocycles. The first-order valence-electron chi connectivity index (χ1n) is 22.7. The van der Waals surface area contributed by atoms with Gasteiger partial charge in [0.2, 0.25) is 11.8 Å². The van der Waals surface area contributed by atoms with Crippen LogP contribution in [0, 0.1) is 5.92 Å². The number of hydrazone groups is 1. The molecular formula is C45H71N9O8. The number of ether oxygens (including phenoxy) is 2. The lowest BCUT2D eigenvalue weighted by Gasteiger charge is -2.41. The van der Waals surface area contributed by atoms with Crippen molar-refractivity contribution < 1.29 is 39.5 Å². The van der Waals surface area contributed by atoms with Gasteiger partial charge in [0.25, 0.3) is 0 Å². The first-order chi connectivity index (χ1) is 29.8. The molecule has 17 heteroatoms. The number of nitrogens with one attached hydrogen (secondary N) is 6. The predicted molar refractivity (Wildman–Crippen MR) is 235 cm³/mol. The summed E-state index contributed by atoms with van der Waals surface area (Å²) in [6.45, 7) is 8.74. The zero-order chi connectivity index (χ0) is 44.2. The summed E-state index contributed by atoms with van der Waals surface area (Å²) in [6.07, 6.45) is 2.48. The van der Waals surface area contributed by atoms with Crippen molar-refractivity contribution in [2.24, 2.45) is 11.0 Å². The van der Waals surface area contributed by atoms with Crippen molar-refractivity contribution >= 4 is 17.6 Å². The molecular weight excluding hydrogens is 795 g/mol. The van der Waals surface area contributed by atoms with Gasteiger partial charge in [-0.3, -0.25) is 30.1 Å². The van der Waals surface area contributed by atoms with E-state index in [0.717, 1.165) is 49.0 Å². The van der Waals surface area contributed by atoms with E-state index in [9.17, 15) is 30.0 Å². The monoisotopic (exact) mass is 866 g/mol. The van der Waals surface area contributed by atoms with E-state index >= 15 is 0 Å². The molecule has 7 rings (SSSR count). The summed E-state index contributed by atoms with van der Waals surface area (Å²) < 4.78 is 12.2. The van der Waals surface area contributed by atoms with Crippen LogP contribution >= 0.6 is 0 Å². The quantitative estimate of drug-likeness (QED) is 0.130. The van der Waals surface area contributed by atoms with Crippen molar-refractivity contribution in [1.82, 2.24) is 42.2 Å². The molecule has 1 saturated heterocycles. The largest absolute Gasteiger partial charge is 0.494 e. The van der Waals surface area contributed by atoms with Gasteiger partial charge in [0.1, 0.15) is 36.6 Å². The molecule has 17 nitrogen and oxygen atoms in total. The van der Waals surface area contributed by atoms with Crippen LogP contribution in [-0.4, -0.2) is 129 Å². The van der Waals surface area contributed by atoms with E-state index in [1.165, 1.54) is 0 Å². The Kier molecular flexibility index (Phi) is 17.4. The highest BCUT2D eigenvalue weighted by atomic mass is 16.5. The summed E-state index contributed by atoms with van der Waals surface area (Å²) in [5.74, 6) is 0.537. The van der Waals surface area contributed by atoms with Gasteiger partial charge in [0, 0.05) is 13.0 Å². The van der Waals surface area contributed by atoms with Gasteiger partial charge in [-0.15, -0.1) is 10.6 Å². The number of amides is 2. The van der Waals surface area contributed by atoms with Crippen LogP contribution in [0.1, 0.15) is 109 Å². The van der Waals surface area contributed by atoms with Gasteiger partial charge < -0.3 is 40.5 Å². The van der Waals surface area contributed by atoms with E-state index < -0.39 is 60.8 Å². The fraction of sp³-hybridized carbons (Fsp3) is 0.667. The van der Waals surface area contributed by atoms with E-state index in [2.05, 4.69) is 37.4 Å². The van der Waals surface area contributed by atoms with Crippen LogP contribution in [0.15, 0.2) is 59.7 Å². The standard InChI is InChI=1S/C45H71N9O8/c1-5-13-34(40(57)43(59)46-27-37(56)49-38(30-14-8-6-9-15-30)41-50-51-52-54(41)45(2,3)4)47-42(58)35-26-33-28-53(35)44(60)39(31-16-10-7-11-17-31)48-36(55)23-20-29-18-21-32(22-19-29)61-24-12-25-62-33/h6,8-9,14-15,18-19,21-22,31,33-36,38-40,43-44,46,48,51-52,55,57,59-60H,5,7,10-13,16-17,20,23-28H2,1-4H3,(H,47,58)(H,49,56)/t33-,34?,35+,36+,38?,39+,40?,43+,44?/m1/s1. The second kappa shape index (κ2) is 22.6. The van der Waals surface area contributed by atoms with Crippen LogP contribution in [0.25, 0.3) is 0 Å². The van der Waals surface area contributed by atoms with E-state index in [1.54, 1.807) is 4.90 Å². The minimum absolute atomic E-state index is 0.0899. The summed E-state index contributed by atoms with van der Waals surface area (Å²) >= 11 is 0. The van der Waals surface area contributed by atoms with Crippen molar-refractivity contribution in [2.75, 3.05) is 26.3 Å². The number of hydrazine groups is 2. The molecule has 10 atom stereocenters. The van der Waals surface area contributed by atoms with Gasteiger partial charge in [-0.05, 0) is 88.5 Å². The topological polar surface area (TPSA) is 225 Å². The number of rotatable bonds is 13. The van der Waals surface area contributed by atoms with Gasteiger partial charge >= 0.3 is 0 Å². The number of benzene rings is 2. The van der Waals surface area contributed by atoms with E-state index in [4.69, 9.17) is 9.47 Å². The summed E-state index contributed by atoms with van der Waals surface area (Å²) in [4.78, 5) is 29.6. The Morgan fingerprint density at radius 3 is 2.40 bits per heavy atom. The molecule has 0 radical (unpaired) electrons. The van der Waals surface area contributed by atoms with Crippen molar-refractivity contribution in [3.8, 4) is 5.75 Å². The second-order valence-electron chi connectivity index (χ2n) is 18.2. The maximum atomic E-state index is 14.4. The first-order valence-corrected chi connectivity index (χ1v) is 22.7. The lowest BCUT2D eigenvalue weighted by Crippen LogP contribution is -2.61. The van der Waals surface area contributed by atoms with Crippen LogP contribution in [0.5, 0.6) is 5.75 Å². The molecule has 5 aliphatic rings. The van der Waals surface area contributed by atoms with Crippen LogP contribution in [0.3, 0.4) is 0 Å². The van der Waals surface area contributed by atoms with Gasteiger partial charge in [-0.1, -0.05) is 75.1 Å². The van der Waals surface area contributed by atoms with Crippen molar-refractivity contribution in [1.29, 1.82) is 0 Å². The zero-order valence-electron chi connectivity index (χ0n) is 36.8. The number of hydrogen-bond donors (Lipinski definition) is 10. The van der Waals surface area contributed by atoms with Crippen molar-refractivity contribution in [3.63, 3.8) is 0 Å². The number of amidine groups is 1. The third kappa shape index (κ3) is 12.9. The zero-order valence-corrected chi connectivity index (χ0v) is 36.8. The molecule has 0 spiro atoms.